The Kier molecular flexibility index (Phi) is 5.61. The van der Waals surface area contributed by atoms with Crippen LogP contribution in [0.25, 0.3) is 11.0 Å². The molecular weight excluding hydrogens is 386 g/mol. The Morgan fingerprint density at radius 2 is 2.03 bits per heavy atom. The molecule has 1 N–H and O–H groups in total. The molecule has 4 rings (SSSR count). The van der Waals surface area contributed by atoms with E-state index in [0.717, 1.165) is 23.8 Å². The molecule has 1 aromatic heterocycles. The topological polar surface area (TPSA) is 94.8 Å². The van der Waals surface area contributed by atoms with Crippen LogP contribution in [0.2, 0.25) is 0 Å². The molecule has 0 radical (unpaired) electrons. The number of carbonyl (C=O) groups excluding carboxylic acids is 2. The van der Waals surface area contributed by atoms with E-state index in [1.165, 1.54) is 6.07 Å². The zero-order valence-electron chi connectivity index (χ0n) is 17.1. The molecule has 4 atom stereocenters. The van der Waals surface area contributed by atoms with Crippen LogP contribution in [-0.4, -0.2) is 24.8 Å². The van der Waals surface area contributed by atoms with Gasteiger partial charge >= 0.3 is 17.7 Å². The van der Waals surface area contributed by atoms with Gasteiger partial charge in [-0.3, -0.25) is 10.1 Å². The molecule has 30 heavy (non-hydrogen) atoms. The van der Waals surface area contributed by atoms with Gasteiger partial charge in [0.2, 0.25) is 0 Å². The molecule has 1 aromatic carbocycles. The summed E-state index contributed by atoms with van der Waals surface area (Å²) in [6, 6.07) is 6.57. The van der Waals surface area contributed by atoms with Crippen LogP contribution in [0.3, 0.4) is 0 Å². The maximum Gasteiger partial charge on any atom is 0.412 e. The summed E-state index contributed by atoms with van der Waals surface area (Å²) >= 11 is 0. The molecule has 2 aliphatic carbocycles. The van der Waals surface area contributed by atoms with Crippen LogP contribution in [0.15, 0.2) is 45.6 Å². The lowest BCUT2D eigenvalue weighted by atomic mass is 10.0. The van der Waals surface area contributed by atoms with E-state index in [-0.39, 0.29) is 18.0 Å². The van der Waals surface area contributed by atoms with Crippen molar-refractivity contribution in [2.24, 2.45) is 17.8 Å². The minimum atomic E-state index is -0.575. The van der Waals surface area contributed by atoms with Crippen LogP contribution >= 0.6 is 0 Å². The number of carbonyl (C=O) groups is 2. The summed E-state index contributed by atoms with van der Waals surface area (Å²) in [7, 11) is 0. The average Bonchev–Trinajstić information content (AvgIpc) is 3.35. The first-order chi connectivity index (χ1) is 14.5. The number of rotatable bonds is 4. The van der Waals surface area contributed by atoms with E-state index in [9.17, 15) is 14.4 Å². The number of fused-ring (bicyclic) bond motifs is 2. The second-order valence-corrected chi connectivity index (χ2v) is 7.87. The van der Waals surface area contributed by atoms with Crippen LogP contribution in [0, 0.1) is 24.7 Å². The number of hydrogen-bond donors (Lipinski definition) is 1. The molecule has 1 amide bonds. The van der Waals surface area contributed by atoms with E-state index in [2.05, 4.69) is 5.32 Å². The number of amides is 1. The Labute approximate surface area is 174 Å². The van der Waals surface area contributed by atoms with E-state index in [1.807, 2.05) is 26.0 Å². The first-order valence-electron chi connectivity index (χ1n) is 10.3. The number of aryl methyl sites for hydroxylation is 1. The molecule has 0 aliphatic heterocycles. The van der Waals surface area contributed by atoms with Crippen molar-refractivity contribution in [3.8, 4) is 0 Å². The number of anilines is 1. The molecule has 2 aliphatic rings. The molecule has 1 heterocycles. The molecule has 0 saturated heterocycles. The van der Waals surface area contributed by atoms with Gasteiger partial charge in [0.15, 0.2) is 0 Å². The first kappa shape index (κ1) is 20.2. The molecule has 0 bridgehead atoms. The number of allylic oxidation sites excluding steroid dienone is 1. The zero-order chi connectivity index (χ0) is 21.3. The van der Waals surface area contributed by atoms with Crippen LogP contribution in [-0.2, 0) is 14.3 Å². The van der Waals surface area contributed by atoms with Gasteiger partial charge in [0.05, 0.1) is 12.5 Å². The molecule has 7 heteroatoms. The van der Waals surface area contributed by atoms with Crippen molar-refractivity contribution in [2.75, 3.05) is 11.9 Å². The highest BCUT2D eigenvalue weighted by Crippen LogP contribution is 2.53. The van der Waals surface area contributed by atoms with E-state index >= 15 is 0 Å². The molecule has 1 fully saturated rings. The van der Waals surface area contributed by atoms with Crippen molar-refractivity contribution in [3.05, 3.63) is 52.4 Å². The lowest BCUT2D eigenvalue weighted by Gasteiger charge is -2.16. The second-order valence-electron chi connectivity index (χ2n) is 7.87. The van der Waals surface area contributed by atoms with Crippen molar-refractivity contribution >= 4 is 28.7 Å². The molecule has 158 valence electrons. The minimum absolute atomic E-state index is 0.0297. The largest absolute Gasteiger partial charge is 0.466 e. The van der Waals surface area contributed by atoms with Crippen LogP contribution in [0.5, 0.6) is 0 Å². The van der Waals surface area contributed by atoms with E-state index in [0.29, 0.717) is 36.1 Å². The predicted octanol–water partition coefficient (Wildman–Crippen LogP) is 4.18. The van der Waals surface area contributed by atoms with Crippen molar-refractivity contribution in [1.29, 1.82) is 0 Å². The van der Waals surface area contributed by atoms with Gasteiger partial charge in [-0.25, -0.2) is 9.59 Å². The predicted molar refractivity (Wildman–Crippen MR) is 111 cm³/mol. The van der Waals surface area contributed by atoms with Gasteiger partial charge in [0.25, 0.3) is 0 Å². The highest BCUT2D eigenvalue weighted by atomic mass is 16.6. The first-order valence-corrected chi connectivity index (χ1v) is 10.3. The number of esters is 1. The summed E-state index contributed by atoms with van der Waals surface area (Å²) in [5, 5.41) is 3.50. The third-order valence-electron chi connectivity index (χ3n) is 5.89. The summed E-state index contributed by atoms with van der Waals surface area (Å²) in [6.45, 7) is 4.04. The molecule has 0 unspecified atom stereocenters. The molecule has 0 spiro atoms. The molecular formula is C23H25NO6. The molecule has 2 aromatic rings. The van der Waals surface area contributed by atoms with Crippen molar-refractivity contribution in [1.82, 2.24) is 0 Å². The fourth-order valence-corrected chi connectivity index (χ4v) is 4.37. The Balaban J connectivity index is 1.36. The maximum atomic E-state index is 12.4. The summed E-state index contributed by atoms with van der Waals surface area (Å²) in [6.07, 6.45) is 5.21. The smallest absolute Gasteiger partial charge is 0.412 e. The van der Waals surface area contributed by atoms with Gasteiger partial charge in [-0.2, -0.15) is 0 Å². The lowest BCUT2D eigenvalue weighted by Crippen LogP contribution is -2.21. The Bertz CT molecular complexity index is 1060. The number of ether oxygens (including phenoxy) is 2. The third-order valence-corrected chi connectivity index (χ3v) is 5.89. The molecule has 7 nitrogen and oxygen atoms in total. The van der Waals surface area contributed by atoms with E-state index < -0.39 is 11.7 Å². The van der Waals surface area contributed by atoms with Gasteiger partial charge in [-0.05, 0) is 68.7 Å². The standard InChI is InChI=1S/C23H25NO6/c1-3-28-22(26)21-17-6-4-5-15(8-10-18(17)21)29-23(27)24-14-7-9-16-13(2)11-20(25)30-19(16)12-14/h4-5,7,9,11-12,15,17-18,21H,3,6,8,10H2,1-2H3,(H,24,27)/b5-4-/t15-,17-,18+,21+/m0/s1. The minimum Gasteiger partial charge on any atom is -0.466 e. The Morgan fingerprint density at radius 3 is 2.83 bits per heavy atom. The monoisotopic (exact) mass is 411 g/mol. The highest BCUT2D eigenvalue weighted by molar-refractivity contribution is 5.90. The fraction of sp³-hybridized carbons (Fsp3) is 0.435. The summed E-state index contributed by atoms with van der Waals surface area (Å²) in [5.74, 6) is 0.495. The second kappa shape index (κ2) is 8.34. The average molecular weight is 411 g/mol. The summed E-state index contributed by atoms with van der Waals surface area (Å²) in [4.78, 5) is 36.0. The normalized spacial score (nSPS) is 26.1. The third kappa shape index (κ3) is 4.25. The van der Waals surface area contributed by atoms with E-state index in [4.69, 9.17) is 13.9 Å². The molecule has 1 saturated carbocycles. The highest BCUT2D eigenvalue weighted by Gasteiger charge is 2.54. The van der Waals surface area contributed by atoms with Gasteiger partial charge in [0, 0.05) is 23.2 Å². The lowest BCUT2D eigenvalue weighted by molar-refractivity contribution is -0.145. The van der Waals surface area contributed by atoms with Crippen molar-refractivity contribution in [3.63, 3.8) is 0 Å². The number of hydrogen-bond acceptors (Lipinski definition) is 6. The van der Waals surface area contributed by atoms with Crippen LogP contribution < -0.4 is 10.9 Å². The number of nitrogens with one attached hydrogen (secondary N) is 1. The Morgan fingerprint density at radius 1 is 1.20 bits per heavy atom. The van der Waals surface area contributed by atoms with Gasteiger partial charge < -0.3 is 13.9 Å². The zero-order valence-corrected chi connectivity index (χ0v) is 17.1. The fourth-order valence-electron chi connectivity index (χ4n) is 4.37. The van der Waals surface area contributed by atoms with Gasteiger partial charge in [0.1, 0.15) is 11.7 Å². The van der Waals surface area contributed by atoms with Crippen LogP contribution in [0.1, 0.15) is 31.7 Å². The van der Waals surface area contributed by atoms with Crippen molar-refractivity contribution in [2.45, 2.75) is 39.2 Å². The van der Waals surface area contributed by atoms with Crippen LogP contribution in [0.4, 0.5) is 10.5 Å². The Hall–Kier alpha value is -3.09. The van der Waals surface area contributed by atoms with Gasteiger partial charge in [-0.15, -0.1) is 0 Å². The maximum absolute atomic E-state index is 12.4. The summed E-state index contributed by atoms with van der Waals surface area (Å²) in [5.41, 5.74) is 1.28. The summed E-state index contributed by atoms with van der Waals surface area (Å²) < 4.78 is 15.9. The SMILES string of the molecule is CCOC(=O)[C@H]1[C@@H]2CC[C@@H](OC(=O)Nc3ccc4c(C)cc(=O)oc4c3)/C=C\C[C@@H]21. The quantitative estimate of drug-likeness (QED) is 0.461. The number of benzene rings is 1. The van der Waals surface area contributed by atoms with Crippen molar-refractivity contribution < 1.29 is 23.5 Å². The van der Waals surface area contributed by atoms with E-state index in [1.54, 1.807) is 18.2 Å². The van der Waals surface area contributed by atoms with Gasteiger partial charge in [-0.1, -0.05) is 6.08 Å².